The molecule has 0 unspecified atom stereocenters. The SMILES string of the molecule is CC(C)(C)OC(=O)N[C@@H](CSC(c1ccccc1)(c1ccccc1)c1ccccc1)C(=O)N1CCC(O)(Cc2ccccc2)CC1. The number of thioether (sulfide) groups is 1. The lowest BCUT2D eigenvalue weighted by atomic mass is 9.84. The molecule has 240 valence electrons. The number of nitrogens with zero attached hydrogens (tertiary/aromatic N) is 1. The zero-order valence-electron chi connectivity index (χ0n) is 26.9. The summed E-state index contributed by atoms with van der Waals surface area (Å²) in [5, 5.41) is 14.3. The Hall–Kier alpha value is -4.07. The van der Waals surface area contributed by atoms with E-state index in [9.17, 15) is 14.7 Å². The van der Waals surface area contributed by atoms with Crippen LogP contribution in [0.25, 0.3) is 0 Å². The minimum Gasteiger partial charge on any atom is -0.444 e. The number of alkyl carbamates (subject to hydrolysis) is 1. The highest BCUT2D eigenvalue weighted by molar-refractivity contribution is 8.00. The van der Waals surface area contributed by atoms with E-state index < -0.39 is 28.1 Å². The molecule has 4 aromatic carbocycles. The minimum absolute atomic E-state index is 0.178. The lowest BCUT2D eigenvalue weighted by Crippen LogP contribution is -2.55. The van der Waals surface area contributed by atoms with Gasteiger partial charge in [-0.1, -0.05) is 121 Å². The van der Waals surface area contributed by atoms with Crippen LogP contribution in [-0.4, -0.2) is 58.1 Å². The Morgan fingerprint density at radius 1 is 0.783 bits per heavy atom. The van der Waals surface area contributed by atoms with E-state index in [1.807, 2.05) is 106 Å². The van der Waals surface area contributed by atoms with E-state index in [1.165, 1.54) is 0 Å². The lowest BCUT2D eigenvalue weighted by Gasteiger charge is -2.40. The van der Waals surface area contributed by atoms with Gasteiger partial charge in [-0.3, -0.25) is 4.79 Å². The Morgan fingerprint density at radius 3 is 1.65 bits per heavy atom. The van der Waals surface area contributed by atoms with Crippen LogP contribution in [0.4, 0.5) is 4.79 Å². The van der Waals surface area contributed by atoms with Gasteiger partial charge in [0, 0.05) is 25.3 Å². The minimum atomic E-state index is -0.885. The first-order valence-electron chi connectivity index (χ1n) is 15.9. The summed E-state index contributed by atoms with van der Waals surface area (Å²) in [6.45, 7) is 6.23. The largest absolute Gasteiger partial charge is 0.444 e. The van der Waals surface area contributed by atoms with Crippen molar-refractivity contribution in [3.8, 4) is 0 Å². The topological polar surface area (TPSA) is 78.9 Å². The van der Waals surface area contributed by atoms with E-state index in [0.29, 0.717) is 38.1 Å². The van der Waals surface area contributed by atoms with Gasteiger partial charge >= 0.3 is 6.09 Å². The Balaban J connectivity index is 1.44. The molecule has 46 heavy (non-hydrogen) atoms. The summed E-state index contributed by atoms with van der Waals surface area (Å²) in [7, 11) is 0. The van der Waals surface area contributed by atoms with Gasteiger partial charge < -0.3 is 20.1 Å². The second kappa shape index (κ2) is 14.6. The van der Waals surface area contributed by atoms with Gasteiger partial charge in [-0.25, -0.2) is 4.79 Å². The van der Waals surface area contributed by atoms with E-state index >= 15 is 0 Å². The van der Waals surface area contributed by atoms with Crippen LogP contribution in [0.15, 0.2) is 121 Å². The fourth-order valence-electron chi connectivity index (χ4n) is 6.12. The van der Waals surface area contributed by atoms with Crippen molar-refractivity contribution in [1.29, 1.82) is 0 Å². The van der Waals surface area contributed by atoms with Crippen molar-refractivity contribution in [2.75, 3.05) is 18.8 Å². The van der Waals surface area contributed by atoms with Crippen molar-refractivity contribution in [1.82, 2.24) is 10.2 Å². The van der Waals surface area contributed by atoms with Crippen LogP contribution in [0, 0.1) is 0 Å². The first-order chi connectivity index (χ1) is 22.1. The molecule has 1 heterocycles. The quantitative estimate of drug-likeness (QED) is 0.180. The third kappa shape index (κ3) is 8.20. The molecule has 0 bridgehead atoms. The Kier molecular flexibility index (Phi) is 10.5. The third-order valence-electron chi connectivity index (χ3n) is 8.38. The normalized spacial score (nSPS) is 15.5. The van der Waals surface area contributed by atoms with Crippen LogP contribution in [0.3, 0.4) is 0 Å². The van der Waals surface area contributed by atoms with Gasteiger partial charge in [-0.05, 0) is 55.9 Å². The number of likely N-dealkylation sites (tertiary alicyclic amines) is 1. The molecule has 7 heteroatoms. The van der Waals surface area contributed by atoms with Crippen LogP contribution >= 0.6 is 11.8 Å². The van der Waals surface area contributed by atoms with Gasteiger partial charge in [0.05, 0.1) is 10.3 Å². The molecule has 6 nitrogen and oxygen atoms in total. The molecule has 2 N–H and O–H groups in total. The van der Waals surface area contributed by atoms with Crippen molar-refractivity contribution >= 4 is 23.8 Å². The number of carbonyl (C=O) groups is 2. The van der Waals surface area contributed by atoms with Gasteiger partial charge in [0.1, 0.15) is 11.6 Å². The second-order valence-electron chi connectivity index (χ2n) is 13.0. The van der Waals surface area contributed by atoms with E-state index in [0.717, 1.165) is 22.3 Å². The van der Waals surface area contributed by atoms with E-state index in [-0.39, 0.29) is 5.91 Å². The zero-order valence-corrected chi connectivity index (χ0v) is 27.7. The van der Waals surface area contributed by atoms with E-state index in [2.05, 4.69) is 41.7 Å². The highest BCUT2D eigenvalue weighted by atomic mass is 32.2. The molecule has 0 aliphatic carbocycles. The monoisotopic (exact) mass is 636 g/mol. The van der Waals surface area contributed by atoms with Crippen LogP contribution in [0.1, 0.15) is 55.9 Å². The number of ether oxygens (including phenoxy) is 1. The smallest absolute Gasteiger partial charge is 0.408 e. The highest BCUT2D eigenvalue weighted by Gasteiger charge is 2.41. The molecule has 4 aromatic rings. The number of carbonyl (C=O) groups excluding carboxylic acids is 2. The first kappa shape index (κ1) is 33.3. The van der Waals surface area contributed by atoms with Crippen molar-refractivity contribution < 1.29 is 19.4 Å². The number of hydrogen-bond acceptors (Lipinski definition) is 5. The molecular weight excluding hydrogens is 593 g/mol. The molecule has 1 saturated heterocycles. The predicted molar refractivity (Wildman–Crippen MR) is 186 cm³/mol. The molecule has 0 radical (unpaired) electrons. The van der Waals surface area contributed by atoms with Crippen molar-refractivity contribution in [3.05, 3.63) is 144 Å². The zero-order chi connectivity index (χ0) is 32.6. The van der Waals surface area contributed by atoms with Crippen LogP contribution in [0.2, 0.25) is 0 Å². The maximum Gasteiger partial charge on any atom is 0.408 e. The number of benzene rings is 4. The van der Waals surface area contributed by atoms with Crippen molar-refractivity contribution in [3.63, 3.8) is 0 Å². The maximum atomic E-state index is 14.3. The van der Waals surface area contributed by atoms with Gasteiger partial charge in [-0.15, -0.1) is 11.8 Å². The molecule has 2 amide bonds. The average molecular weight is 637 g/mol. The molecule has 0 saturated carbocycles. The summed E-state index contributed by atoms with van der Waals surface area (Å²) < 4.78 is 4.96. The lowest BCUT2D eigenvalue weighted by molar-refractivity contribution is -0.137. The number of nitrogens with one attached hydrogen (secondary N) is 1. The standard InChI is InChI=1S/C39H44N2O4S/c1-37(2,3)45-36(43)40-34(35(42)41-26-24-38(44,25-27-41)28-30-16-8-4-9-17-30)29-46-39(31-18-10-5-11-19-31,32-20-12-6-13-21-32)33-22-14-7-15-23-33/h4-23,34,44H,24-29H2,1-3H3,(H,40,43)/t34-/m0/s1. The maximum absolute atomic E-state index is 14.3. The Bertz CT molecular complexity index is 1450. The summed E-state index contributed by atoms with van der Waals surface area (Å²) in [5.41, 5.74) is 2.69. The molecular formula is C39H44N2O4S. The highest BCUT2D eigenvalue weighted by Crippen LogP contribution is 2.48. The van der Waals surface area contributed by atoms with Crippen LogP contribution < -0.4 is 5.32 Å². The fourth-order valence-corrected chi connectivity index (χ4v) is 7.67. The number of piperidine rings is 1. The first-order valence-corrected chi connectivity index (χ1v) is 16.9. The van der Waals surface area contributed by atoms with Gasteiger partial charge in [0.25, 0.3) is 0 Å². The number of aliphatic hydroxyl groups is 1. The summed E-state index contributed by atoms with van der Waals surface area (Å²) in [4.78, 5) is 29.2. The Morgan fingerprint density at radius 2 is 1.22 bits per heavy atom. The number of hydrogen-bond donors (Lipinski definition) is 2. The van der Waals surface area contributed by atoms with E-state index in [4.69, 9.17) is 4.74 Å². The summed E-state index contributed by atoms with van der Waals surface area (Å²) in [6, 6.07) is 40.0. The van der Waals surface area contributed by atoms with E-state index in [1.54, 1.807) is 16.7 Å². The van der Waals surface area contributed by atoms with Crippen molar-refractivity contribution in [2.45, 2.75) is 62.0 Å². The number of rotatable bonds is 10. The van der Waals surface area contributed by atoms with Crippen LogP contribution in [-0.2, 0) is 20.7 Å². The molecule has 5 rings (SSSR count). The molecule has 0 aromatic heterocycles. The molecule has 1 aliphatic heterocycles. The van der Waals surface area contributed by atoms with Gasteiger partial charge in [0.2, 0.25) is 5.91 Å². The predicted octanol–water partition coefficient (Wildman–Crippen LogP) is 7.20. The van der Waals surface area contributed by atoms with Gasteiger partial charge in [-0.2, -0.15) is 0 Å². The third-order valence-corrected chi connectivity index (χ3v) is 10.0. The molecule has 1 fully saturated rings. The summed E-state index contributed by atoms with van der Waals surface area (Å²) in [6.07, 6.45) is 0.830. The average Bonchev–Trinajstić information content (AvgIpc) is 3.05. The van der Waals surface area contributed by atoms with Crippen molar-refractivity contribution in [2.24, 2.45) is 0 Å². The summed E-state index contributed by atoms with van der Waals surface area (Å²) >= 11 is 1.62. The van der Waals surface area contributed by atoms with Gasteiger partial charge in [0.15, 0.2) is 0 Å². The molecule has 1 aliphatic rings. The molecule has 0 spiro atoms. The molecule has 1 atom stereocenters. The van der Waals surface area contributed by atoms with Crippen LogP contribution in [0.5, 0.6) is 0 Å². The fraction of sp³-hybridized carbons (Fsp3) is 0.333. The second-order valence-corrected chi connectivity index (χ2v) is 14.2. The summed E-state index contributed by atoms with van der Waals surface area (Å²) in [5.74, 6) is 0.116. The Labute approximate surface area is 277 Å². The number of amides is 2.